The van der Waals surface area contributed by atoms with E-state index >= 15 is 0 Å². The Balaban J connectivity index is 2.42. The summed E-state index contributed by atoms with van der Waals surface area (Å²) in [6.45, 7) is 1.89. The van der Waals surface area contributed by atoms with Crippen LogP contribution in [0.3, 0.4) is 0 Å². The first kappa shape index (κ1) is 15.5. The van der Waals surface area contributed by atoms with Gasteiger partial charge in [-0.05, 0) is 30.2 Å². The number of hydrogen-bond acceptors (Lipinski definition) is 4. The minimum atomic E-state index is -4.06. The molecule has 0 amide bonds. The molecule has 1 aromatic heterocycles. The number of rotatable bonds is 5. The van der Waals surface area contributed by atoms with E-state index in [2.05, 4.69) is 30.8 Å². The zero-order valence-corrected chi connectivity index (χ0v) is 13.3. The van der Waals surface area contributed by atoms with Gasteiger partial charge >= 0.3 is 5.97 Å². The molecule has 0 saturated heterocycles. The summed E-state index contributed by atoms with van der Waals surface area (Å²) in [5.41, 5.74) is 0.772. The first-order chi connectivity index (χ1) is 9.85. The van der Waals surface area contributed by atoms with Crippen LogP contribution in [0.25, 0.3) is 0 Å². The normalized spacial score (nSPS) is 11.3. The number of halogens is 1. The van der Waals surface area contributed by atoms with Crippen molar-refractivity contribution in [1.82, 2.24) is 10.2 Å². The fourth-order valence-electron chi connectivity index (χ4n) is 1.78. The number of nitrogens with zero attached hydrogens (tertiary/aromatic N) is 1. The van der Waals surface area contributed by atoms with Crippen molar-refractivity contribution in [3.63, 3.8) is 0 Å². The Morgan fingerprint density at radius 1 is 1.48 bits per heavy atom. The van der Waals surface area contributed by atoms with Crippen LogP contribution in [0.1, 0.15) is 22.8 Å². The number of sulfonamides is 1. The molecule has 0 aliphatic rings. The Labute approximate surface area is 129 Å². The zero-order valence-electron chi connectivity index (χ0n) is 10.9. The molecule has 112 valence electrons. The molecule has 0 aliphatic heterocycles. The Hall–Kier alpha value is -1.87. The second-order valence-corrected chi connectivity index (χ2v) is 6.71. The number of nitrogens with one attached hydrogen (secondary N) is 2. The molecule has 0 unspecified atom stereocenters. The van der Waals surface area contributed by atoms with Crippen molar-refractivity contribution < 1.29 is 18.3 Å². The minimum absolute atomic E-state index is 0.395. The molecule has 0 spiro atoms. The summed E-state index contributed by atoms with van der Waals surface area (Å²) in [6, 6.07) is 5.10. The van der Waals surface area contributed by atoms with Gasteiger partial charge in [-0.15, -0.1) is 0 Å². The van der Waals surface area contributed by atoms with Gasteiger partial charge < -0.3 is 5.11 Å². The first-order valence-electron chi connectivity index (χ1n) is 5.93. The maximum atomic E-state index is 12.3. The highest BCUT2D eigenvalue weighted by Gasteiger charge is 2.25. The number of benzene rings is 1. The number of aromatic carboxylic acids is 1. The van der Waals surface area contributed by atoms with Gasteiger partial charge in [-0.1, -0.05) is 22.9 Å². The van der Waals surface area contributed by atoms with Crippen LogP contribution in [-0.4, -0.2) is 29.7 Å². The largest absolute Gasteiger partial charge is 0.478 e. The quantitative estimate of drug-likeness (QED) is 0.743. The summed E-state index contributed by atoms with van der Waals surface area (Å²) < 4.78 is 27.8. The lowest BCUT2D eigenvalue weighted by Crippen LogP contribution is -2.17. The molecule has 1 heterocycles. The molecular weight excluding hydrogens is 362 g/mol. The molecule has 1 aromatic carbocycles. The van der Waals surface area contributed by atoms with E-state index in [1.807, 2.05) is 6.92 Å². The van der Waals surface area contributed by atoms with Crippen LogP contribution < -0.4 is 4.72 Å². The topological polar surface area (TPSA) is 112 Å². The lowest BCUT2D eigenvalue weighted by molar-refractivity contribution is 0.0692. The van der Waals surface area contributed by atoms with Crippen molar-refractivity contribution in [2.45, 2.75) is 18.4 Å². The van der Waals surface area contributed by atoms with Crippen molar-refractivity contribution in [3.05, 3.63) is 40.0 Å². The fourth-order valence-corrected chi connectivity index (χ4v) is 3.38. The summed E-state index contributed by atoms with van der Waals surface area (Å²) in [5, 5.41) is 14.2. The van der Waals surface area contributed by atoms with E-state index in [0.717, 1.165) is 16.2 Å². The van der Waals surface area contributed by atoms with E-state index in [9.17, 15) is 13.2 Å². The van der Waals surface area contributed by atoms with Gasteiger partial charge in [-0.25, -0.2) is 4.79 Å². The van der Waals surface area contributed by atoms with Crippen molar-refractivity contribution in [1.29, 1.82) is 0 Å². The summed E-state index contributed by atoms with van der Waals surface area (Å²) in [6.07, 6.45) is 1.57. The molecule has 7 nitrogen and oxygen atoms in total. The summed E-state index contributed by atoms with van der Waals surface area (Å²) in [5.74, 6) is -1.37. The van der Waals surface area contributed by atoms with Gasteiger partial charge in [0.15, 0.2) is 5.03 Å². The number of hydrogen-bond donors (Lipinski definition) is 3. The molecule has 2 rings (SSSR count). The number of aromatic amines is 1. The van der Waals surface area contributed by atoms with E-state index < -0.39 is 26.6 Å². The van der Waals surface area contributed by atoms with Gasteiger partial charge in [0.05, 0.1) is 11.9 Å². The van der Waals surface area contributed by atoms with Gasteiger partial charge in [0.1, 0.15) is 5.56 Å². The van der Waals surface area contributed by atoms with Crippen molar-refractivity contribution in [2.75, 3.05) is 4.72 Å². The number of carboxylic acids is 1. The lowest BCUT2D eigenvalue weighted by atomic mass is 10.1. The maximum absolute atomic E-state index is 12.3. The van der Waals surface area contributed by atoms with Gasteiger partial charge in [0.25, 0.3) is 10.0 Å². The van der Waals surface area contributed by atoms with Gasteiger partial charge in [0.2, 0.25) is 0 Å². The Bertz CT molecular complexity index is 786. The molecule has 21 heavy (non-hydrogen) atoms. The molecular formula is C12H12BrN3O4S. The minimum Gasteiger partial charge on any atom is -0.478 e. The number of anilines is 1. The number of aromatic nitrogens is 2. The average Bonchev–Trinajstić information content (AvgIpc) is 2.91. The Kier molecular flexibility index (Phi) is 4.33. The SMILES string of the molecule is CCc1cc(Br)ccc1NS(=O)(=O)c1[nH]ncc1C(=O)O. The highest BCUT2D eigenvalue weighted by Crippen LogP contribution is 2.24. The molecule has 9 heteroatoms. The molecule has 0 fully saturated rings. The number of carboxylic acid groups (broad SMARTS) is 1. The van der Waals surface area contributed by atoms with Crippen LogP contribution >= 0.6 is 15.9 Å². The van der Waals surface area contributed by atoms with Crippen molar-refractivity contribution >= 4 is 37.6 Å². The van der Waals surface area contributed by atoms with E-state index in [1.54, 1.807) is 18.2 Å². The predicted molar refractivity (Wildman–Crippen MR) is 79.9 cm³/mol. The molecule has 0 bridgehead atoms. The molecule has 0 saturated carbocycles. The van der Waals surface area contributed by atoms with E-state index in [4.69, 9.17) is 5.11 Å². The van der Waals surface area contributed by atoms with Crippen LogP contribution in [0.4, 0.5) is 5.69 Å². The van der Waals surface area contributed by atoms with E-state index in [-0.39, 0.29) is 0 Å². The molecule has 3 N–H and O–H groups in total. The summed E-state index contributed by atoms with van der Waals surface area (Å²) >= 11 is 3.32. The van der Waals surface area contributed by atoms with Crippen LogP contribution in [0, 0.1) is 0 Å². The zero-order chi connectivity index (χ0) is 15.6. The van der Waals surface area contributed by atoms with Crippen molar-refractivity contribution in [3.8, 4) is 0 Å². The third-order valence-electron chi connectivity index (χ3n) is 2.80. The standard InChI is InChI=1S/C12H12BrN3O4S/c1-2-7-5-8(13)3-4-10(7)16-21(19,20)11-9(12(17)18)6-14-15-11/h3-6,16H,2H2,1H3,(H,14,15)(H,17,18). The molecule has 0 atom stereocenters. The molecule has 0 aliphatic carbocycles. The second-order valence-electron chi connectivity index (χ2n) is 4.18. The van der Waals surface area contributed by atoms with Gasteiger partial charge in [-0.2, -0.15) is 13.5 Å². The highest BCUT2D eigenvalue weighted by molar-refractivity contribution is 9.10. The van der Waals surface area contributed by atoms with Gasteiger partial charge in [-0.3, -0.25) is 9.82 Å². The number of H-pyrrole nitrogens is 1. The van der Waals surface area contributed by atoms with Crippen LogP contribution in [0.2, 0.25) is 0 Å². The molecule has 0 radical (unpaired) electrons. The molecule has 2 aromatic rings. The predicted octanol–water partition coefficient (Wildman–Crippen LogP) is 2.23. The Morgan fingerprint density at radius 2 is 2.19 bits per heavy atom. The Morgan fingerprint density at radius 3 is 2.81 bits per heavy atom. The maximum Gasteiger partial charge on any atom is 0.340 e. The second kappa shape index (κ2) is 5.86. The summed E-state index contributed by atoms with van der Waals surface area (Å²) in [7, 11) is -4.06. The van der Waals surface area contributed by atoms with E-state index in [1.165, 1.54) is 0 Å². The van der Waals surface area contributed by atoms with Crippen LogP contribution in [0.15, 0.2) is 33.9 Å². The van der Waals surface area contributed by atoms with Crippen LogP contribution in [0.5, 0.6) is 0 Å². The van der Waals surface area contributed by atoms with Crippen molar-refractivity contribution in [2.24, 2.45) is 0 Å². The smallest absolute Gasteiger partial charge is 0.340 e. The summed E-state index contributed by atoms with van der Waals surface area (Å²) in [4.78, 5) is 11.0. The first-order valence-corrected chi connectivity index (χ1v) is 8.20. The third-order valence-corrected chi connectivity index (χ3v) is 4.63. The number of carbonyl (C=O) groups is 1. The lowest BCUT2D eigenvalue weighted by Gasteiger charge is -2.11. The van der Waals surface area contributed by atoms with E-state index in [0.29, 0.717) is 12.1 Å². The fraction of sp³-hybridized carbons (Fsp3) is 0.167. The monoisotopic (exact) mass is 373 g/mol. The third kappa shape index (κ3) is 3.24. The van der Waals surface area contributed by atoms with Crippen LogP contribution in [-0.2, 0) is 16.4 Å². The van der Waals surface area contributed by atoms with Gasteiger partial charge in [0, 0.05) is 4.47 Å². The highest BCUT2D eigenvalue weighted by atomic mass is 79.9. The average molecular weight is 374 g/mol. The number of aryl methyl sites for hydroxylation is 1.